The van der Waals surface area contributed by atoms with Gasteiger partial charge in [-0.05, 0) is 6.42 Å². The zero-order chi connectivity index (χ0) is 12.7. The van der Waals surface area contributed by atoms with Gasteiger partial charge in [-0.2, -0.15) is 0 Å². The maximum absolute atomic E-state index is 9.81. The third-order valence-electron chi connectivity index (χ3n) is 0.799. The Balaban J connectivity index is -0.000000158. The van der Waals surface area contributed by atoms with Crippen molar-refractivity contribution in [3.63, 3.8) is 0 Å². The van der Waals surface area contributed by atoms with Crippen molar-refractivity contribution in [3.8, 4) is 0 Å². The lowest BCUT2D eigenvalue weighted by molar-refractivity contribution is -0.156. The van der Waals surface area contributed by atoms with E-state index in [1.165, 1.54) is 13.8 Å². The summed E-state index contributed by atoms with van der Waals surface area (Å²) in [6.07, 6.45) is 2.04. The molecule has 0 aromatic heterocycles. The van der Waals surface area contributed by atoms with E-state index in [0.717, 1.165) is 12.8 Å². The summed E-state index contributed by atoms with van der Waals surface area (Å²) in [5.74, 6) is -1.12. The van der Waals surface area contributed by atoms with Crippen LogP contribution in [0.25, 0.3) is 0 Å². The lowest BCUT2D eigenvalue weighted by Crippen LogP contribution is -2.03. The molecule has 0 saturated heterocycles. The van der Waals surface area contributed by atoms with Crippen LogP contribution in [0.4, 0.5) is 0 Å². The molecule has 0 aliphatic carbocycles. The molecule has 0 amide bonds. The molecule has 0 saturated carbocycles. The van der Waals surface area contributed by atoms with Gasteiger partial charge in [0.05, 0.1) is 5.34 Å². The van der Waals surface area contributed by atoms with Crippen LogP contribution in [-0.2, 0) is 14.3 Å². The van der Waals surface area contributed by atoms with Crippen molar-refractivity contribution in [2.24, 2.45) is 0 Å². The second-order valence-electron chi connectivity index (χ2n) is 2.26. The van der Waals surface area contributed by atoms with E-state index in [4.69, 9.17) is 28.3 Å². The summed E-state index contributed by atoms with van der Waals surface area (Å²) in [7, 11) is 0. The molecule has 0 aliphatic rings. The Labute approximate surface area is 101 Å². The Bertz CT molecular complexity index is 137. The lowest BCUT2D eigenvalue weighted by Gasteiger charge is -1.87. The highest BCUT2D eigenvalue weighted by atomic mass is 35.5. The third-order valence-corrected chi connectivity index (χ3v) is 0.799. The SMILES string of the molecule is CC(=O)OC(C)=O.CCCCO.ClCCl. The minimum Gasteiger partial charge on any atom is -0.396 e. The minimum absolute atomic E-state index is 0.194. The van der Waals surface area contributed by atoms with Crippen LogP contribution in [0, 0.1) is 0 Å². The van der Waals surface area contributed by atoms with Gasteiger partial charge in [-0.15, -0.1) is 23.2 Å². The molecule has 0 heterocycles. The zero-order valence-corrected chi connectivity index (χ0v) is 10.8. The van der Waals surface area contributed by atoms with Crippen LogP contribution >= 0.6 is 23.2 Å². The maximum Gasteiger partial charge on any atom is 0.310 e. The number of ether oxygens (including phenoxy) is 1. The maximum atomic E-state index is 9.81. The number of aliphatic hydroxyl groups excluding tert-OH is 1. The summed E-state index contributed by atoms with van der Waals surface area (Å²) >= 11 is 9.53. The second kappa shape index (κ2) is 19.3. The van der Waals surface area contributed by atoms with Crippen molar-refractivity contribution < 1.29 is 19.4 Å². The molecule has 0 spiro atoms. The molecule has 15 heavy (non-hydrogen) atoms. The summed E-state index contributed by atoms with van der Waals surface area (Å²) in [5, 5.41) is 8.26. The van der Waals surface area contributed by atoms with Crippen LogP contribution in [-0.4, -0.2) is 29.0 Å². The third kappa shape index (κ3) is 57.8. The van der Waals surface area contributed by atoms with Crippen LogP contribution in [0.15, 0.2) is 0 Å². The average Bonchev–Trinajstić information content (AvgIpc) is 2.05. The standard InChI is InChI=1S/C4H6O3.C4H10O.CH2Cl2/c1-3(5)7-4(2)6;1-2-3-4-5;2-1-3/h1-2H3;5H,2-4H2,1H3;1H2. The van der Waals surface area contributed by atoms with Gasteiger partial charge in [0, 0.05) is 20.5 Å². The van der Waals surface area contributed by atoms with Gasteiger partial charge in [-0.3, -0.25) is 9.59 Å². The van der Waals surface area contributed by atoms with Crippen LogP contribution in [0.3, 0.4) is 0 Å². The average molecular weight is 261 g/mol. The van der Waals surface area contributed by atoms with E-state index in [0.29, 0.717) is 6.61 Å². The Kier molecular flexibility index (Phi) is 25.9. The van der Waals surface area contributed by atoms with Crippen molar-refractivity contribution >= 4 is 35.1 Å². The van der Waals surface area contributed by atoms with Crippen molar-refractivity contribution in [1.29, 1.82) is 0 Å². The fraction of sp³-hybridized carbons (Fsp3) is 0.778. The summed E-state index contributed by atoms with van der Waals surface area (Å²) in [6, 6.07) is 0. The molecule has 4 nitrogen and oxygen atoms in total. The van der Waals surface area contributed by atoms with Crippen LogP contribution in [0.2, 0.25) is 0 Å². The lowest BCUT2D eigenvalue weighted by atomic mass is 10.4. The molecule has 0 radical (unpaired) electrons. The predicted octanol–water partition coefficient (Wildman–Crippen LogP) is 2.30. The van der Waals surface area contributed by atoms with Gasteiger partial charge in [-0.1, -0.05) is 13.3 Å². The van der Waals surface area contributed by atoms with Crippen LogP contribution in [0.5, 0.6) is 0 Å². The molecule has 0 aliphatic heterocycles. The minimum atomic E-state index is -0.562. The van der Waals surface area contributed by atoms with E-state index in [1.54, 1.807) is 0 Å². The highest BCUT2D eigenvalue weighted by molar-refractivity contribution is 6.40. The molecule has 0 rings (SSSR count). The van der Waals surface area contributed by atoms with E-state index >= 15 is 0 Å². The fourth-order valence-corrected chi connectivity index (χ4v) is 0.361. The number of alkyl halides is 2. The number of unbranched alkanes of at least 4 members (excludes halogenated alkanes) is 1. The molecule has 0 aromatic rings. The molecule has 1 N–H and O–H groups in total. The summed E-state index contributed by atoms with van der Waals surface area (Å²) in [6.45, 7) is 4.76. The molecule has 0 fully saturated rings. The smallest absolute Gasteiger partial charge is 0.310 e. The number of esters is 2. The van der Waals surface area contributed by atoms with Gasteiger partial charge in [0.25, 0.3) is 0 Å². The molecule has 0 aromatic carbocycles. The molecular weight excluding hydrogens is 243 g/mol. The molecule has 6 heteroatoms. The Morgan fingerprint density at radius 1 is 1.20 bits per heavy atom. The number of carbonyl (C=O) groups excluding carboxylic acids is 2. The summed E-state index contributed by atoms with van der Waals surface area (Å²) in [4.78, 5) is 19.6. The van der Waals surface area contributed by atoms with Gasteiger partial charge >= 0.3 is 11.9 Å². The summed E-state index contributed by atoms with van der Waals surface area (Å²) < 4.78 is 3.97. The zero-order valence-electron chi connectivity index (χ0n) is 9.26. The summed E-state index contributed by atoms with van der Waals surface area (Å²) in [5.41, 5.74) is 0. The first-order valence-corrected chi connectivity index (χ1v) is 5.44. The van der Waals surface area contributed by atoms with E-state index in [-0.39, 0.29) is 5.34 Å². The molecule has 0 unspecified atom stereocenters. The number of rotatable bonds is 2. The second-order valence-corrected chi connectivity index (χ2v) is 3.07. The van der Waals surface area contributed by atoms with Gasteiger partial charge in [0.2, 0.25) is 0 Å². The van der Waals surface area contributed by atoms with E-state index < -0.39 is 11.9 Å². The van der Waals surface area contributed by atoms with E-state index in [1.807, 2.05) is 0 Å². The number of hydrogen-bond acceptors (Lipinski definition) is 4. The van der Waals surface area contributed by atoms with Crippen molar-refractivity contribution in [3.05, 3.63) is 0 Å². The molecular formula is C9H18Cl2O4. The Morgan fingerprint density at radius 3 is 1.53 bits per heavy atom. The Hall–Kier alpha value is -0.320. The molecule has 92 valence electrons. The van der Waals surface area contributed by atoms with Crippen LogP contribution in [0.1, 0.15) is 33.6 Å². The first-order valence-electron chi connectivity index (χ1n) is 4.37. The van der Waals surface area contributed by atoms with Crippen molar-refractivity contribution in [2.75, 3.05) is 11.9 Å². The predicted molar refractivity (Wildman–Crippen MR) is 61.0 cm³/mol. The largest absolute Gasteiger partial charge is 0.396 e. The van der Waals surface area contributed by atoms with Crippen molar-refractivity contribution in [2.45, 2.75) is 33.6 Å². The molecule has 0 atom stereocenters. The van der Waals surface area contributed by atoms with Gasteiger partial charge in [-0.25, -0.2) is 0 Å². The highest BCUT2D eigenvalue weighted by Gasteiger charge is 1.93. The van der Waals surface area contributed by atoms with E-state index in [9.17, 15) is 9.59 Å². The normalized spacial score (nSPS) is 7.60. The monoisotopic (exact) mass is 260 g/mol. The van der Waals surface area contributed by atoms with E-state index in [2.05, 4.69) is 11.7 Å². The highest BCUT2D eigenvalue weighted by Crippen LogP contribution is 1.78. The van der Waals surface area contributed by atoms with Gasteiger partial charge in [0.15, 0.2) is 0 Å². The molecule has 0 bridgehead atoms. The number of hydrogen-bond donors (Lipinski definition) is 1. The number of halogens is 2. The number of carbonyl (C=O) groups is 2. The van der Waals surface area contributed by atoms with Gasteiger partial charge in [0.1, 0.15) is 0 Å². The first-order chi connectivity index (χ1) is 6.95. The first kappa shape index (κ1) is 20.1. The van der Waals surface area contributed by atoms with Crippen molar-refractivity contribution in [1.82, 2.24) is 0 Å². The van der Waals surface area contributed by atoms with Gasteiger partial charge < -0.3 is 9.84 Å². The van der Waals surface area contributed by atoms with Crippen LogP contribution < -0.4 is 0 Å². The Morgan fingerprint density at radius 2 is 1.53 bits per heavy atom. The fourth-order valence-electron chi connectivity index (χ4n) is 0.361. The topological polar surface area (TPSA) is 63.6 Å². The quantitative estimate of drug-likeness (QED) is 0.470. The number of aliphatic hydroxyl groups is 1.